The first-order valence-electron chi connectivity index (χ1n) is 7.67. The Hall–Kier alpha value is -1.06. The van der Waals surface area contributed by atoms with Crippen molar-refractivity contribution >= 4 is 11.9 Å². The van der Waals surface area contributed by atoms with Gasteiger partial charge in [-0.3, -0.25) is 4.79 Å². The first kappa shape index (κ1) is 16.0. The van der Waals surface area contributed by atoms with Crippen LogP contribution in [0, 0.1) is 5.92 Å². The molecule has 1 rings (SSSR count). The maximum atomic E-state index is 11.7. The van der Waals surface area contributed by atoms with Gasteiger partial charge < -0.3 is 10.4 Å². The molecular weight excluding hydrogens is 242 g/mol. The summed E-state index contributed by atoms with van der Waals surface area (Å²) in [7, 11) is 0. The third kappa shape index (κ3) is 7.19. The summed E-state index contributed by atoms with van der Waals surface area (Å²) in [5.74, 6) is -0.834. The summed E-state index contributed by atoms with van der Waals surface area (Å²) >= 11 is 0. The van der Waals surface area contributed by atoms with E-state index in [0.717, 1.165) is 25.7 Å². The number of hydrogen-bond donors (Lipinski definition) is 2. The quantitative estimate of drug-likeness (QED) is 0.566. The van der Waals surface area contributed by atoms with Crippen molar-refractivity contribution in [3.8, 4) is 0 Å². The molecule has 2 N–H and O–H groups in total. The summed E-state index contributed by atoms with van der Waals surface area (Å²) in [6.07, 6.45) is 10.5. The molecule has 110 valence electrons. The predicted molar refractivity (Wildman–Crippen MR) is 74.9 cm³/mol. The summed E-state index contributed by atoms with van der Waals surface area (Å²) < 4.78 is 0. The van der Waals surface area contributed by atoms with E-state index in [9.17, 15) is 9.59 Å². The molecule has 1 atom stereocenters. The Morgan fingerprint density at radius 1 is 1.11 bits per heavy atom. The van der Waals surface area contributed by atoms with Crippen LogP contribution in [0.1, 0.15) is 71.1 Å². The molecule has 0 bridgehead atoms. The van der Waals surface area contributed by atoms with E-state index < -0.39 is 12.0 Å². The van der Waals surface area contributed by atoms with Gasteiger partial charge in [0.2, 0.25) is 5.91 Å². The second kappa shape index (κ2) is 8.94. The first-order chi connectivity index (χ1) is 9.15. The number of unbranched alkanes of at least 4 members (excludes halogenated alkanes) is 6. The van der Waals surface area contributed by atoms with E-state index in [1.54, 1.807) is 0 Å². The minimum absolute atomic E-state index is 0.104. The van der Waals surface area contributed by atoms with Gasteiger partial charge in [0.25, 0.3) is 0 Å². The number of carbonyl (C=O) groups excluding carboxylic acids is 1. The number of hydrogen-bond acceptors (Lipinski definition) is 2. The summed E-state index contributed by atoms with van der Waals surface area (Å²) in [6.45, 7) is 2.20. The lowest BCUT2D eigenvalue weighted by Gasteiger charge is -2.13. The maximum absolute atomic E-state index is 11.7. The highest BCUT2D eigenvalue weighted by molar-refractivity contribution is 5.83. The molecule has 1 fully saturated rings. The van der Waals surface area contributed by atoms with Gasteiger partial charge in [-0.1, -0.05) is 45.4 Å². The maximum Gasteiger partial charge on any atom is 0.326 e. The molecule has 4 heteroatoms. The molecule has 1 amide bonds. The van der Waals surface area contributed by atoms with E-state index in [1.165, 1.54) is 32.1 Å². The lowest BCUT2D eigenvalue weighted by Crippen LogP contribution is -2.42. The zero-order valence-electron chi connectivity index (χ0n) is 12.0. The van der Waals surface area contributed by atoms with E-state index >= 15 is 0 Å². The number of rotatable bonds is 11. The molecule has 1 unspecified atom stereocenters. The summed E-state index contributed by atoms with van der Waals surface area (Å²) in [6, 6.07) is -0.656. The van der Waals surface area contributed by atoms with E-state index in [4.69, 9.17) is 5.11 Å². The molecule has 0 saturated heterocycles. The van der Waals surface area contributed by atoms with Crippen LogP contribution in [0.2, 0.25) is 0 Å². The third-order valence-corrected chi connectivity index (χ3v) is 3.68. The fourth-order valence-corrected chi connectivity index (χ4v) is 2.30. The van der Waals surface area contributed by atoms with Crippen LogP contribution in [0.4, 0.5) is 0 Å². The molecule has 0 aromatic rings. The SMILES string of the molecule is CCCCCCCCCC(=O)NC(C(=O)O)C1CC1. The Bertz CT molecular complexity index is 287. The van der Waals surface area contributed by atoms with Crippen LogP contribution in [0.3, 0.4) is 0 Å². The van der Waals surface area contributed by atoms with Crippen molar-refractivity contribution in [2.24, 2.45) is 5.92 Å². The molecule has 0 spiro atoms. The first-order valence-corrected chi connectivity index (χ1v) is 7.67. The van der Waals surface area contributed by atoms with Crippen molar-refractivity contribution in [3.63, 3.8) is 0 Å². The number of nitrogens with one attached hydrogen (secondary N) is 1. The van der Waals surface area contributed by atoms with Gasteiger partial charge in [0, 0.05) is 6.42 Å². The van der Waals surface area contributed by atoms with Crippen molar-refractivity contribution < 1.29 is 14.7 Å². The zero-order chi connectivity index (χ0) is 14.1. The van der Waals surface area contributed by atoms with Crippen LogP contribution in [0.15, 0.2) is 0 Å². The van der Waals surface area contributed by atoms with Crippen LogP contribution in [0.25, 0.3) is 0 Å². The molecule has 0 aromatic carbocycles. The Labute approximate surface area is 116 Å². The minimum Gasteiger partial charge on any atom is -0.480 e. The third-order valence-electron chi connectivity index (χ3n) is 3.68. The number of amides is 1. The number of carboxylic acid groups (broad SMARTS) is 1. The normalized spacial score (nSPS) is 16.1. The molecule has 0 aliphatic heterocycles. The highest BCUT2D eigenvalue weighted by Crippen LogP contribution is 2.32. The summed E-state index contributed by atoms with van der Waals surface area (Å²) in [5, 5.41) is 11.7. The van der Waals surface area contributed by atoms with Gasteiger partial charge in [0.1, 0.15) is 6.04 Å². The van der Waals surface area contributed by atoms with E-state index in [0.29, 0.717) is 6.42 Å². The van der Waals surface area contributed by atoms with Crippen molar-refractivity contribution in [3.05, 3.63) is 0 Å². The van der Waals surface area contributed by atoms with Gasteiger partial charge in [0.15, 0.2) is 0 Å². The number of carboxylic acids is 1. The van der Waals surface area contributed by atoms with Gasteiger partial charge in [-0.05, 0) is 25.2 Å². The second-order valence-corrected chi connectivity index (χ2v) is 5.59. The van der Waals surface area contributed by atoms with E-state index in [1.807, 2.05) is 0 Å². The Balaban J connectivity index is 2.02. The minimum atomic E-state index is -0.893. The average molecular weight is 269 g/mol. The van der Waals surface area contributed by atoms with Crippen LogP contribution in [-0.4, -0.2) is 23.0 Å². The summed E-state index contributed by atoms with van der Waals surface area (Å²) in [5.41, 5.74) is 0. The summed E-state index contributed by atoms with van der Waals surface area (Å²) in [4.78, 5) is 22.6. The second-order valence-electron chi connectivity index (χ2n) is 5.59. The topological polar surface area (TPSA) is 66.4 Å². The molecule has 19 heavy (non-hydrogen) atoms. The monoisotopic (exact) mass is 269 g/mol. The smallest absolute Gasteiger partial charge is 0.326 e. The van der Waals surface area contributed by atoms with E-state index in [-0.39, 0.29) is 11.8 Å². The highest BCUT2D eigenvalue weighted by Gasteiger charge is 2.36. The van der Waals surface area contributed by atoms with Crippen molar-refractivity contribution in [1.29, 1.82) is 0 Å². The van der Waals surface area contributed by atoms with Crippen LogP contribution >= 0.6 is 0 Å². The molecule has 0 radical (unpaired) electrons. The molecule has 1 saturated carbocycles. The van der Waals surface area contributed by atoms with Crippen LogP contribution in [0.5, 0.6) is 0 Å². The zero-order valence-corrected chi connectivity index (χ0v) is 12.0. The Kier molecular flexibility index (Phi) is 7.53. The van der Waals surface area contributed by atoms with E-state index in [2.05, 4.69) is 12.2 Å². The lowest BCUT2D eigenvalue weighted by molar-refractivity contribution is -0.142. The van der Waals surface area contributed by atoms with Gasteiger partial charge >= 0.3 is 5.97 Å². The van der Waals surface area contributed by atoms with Crippen LogP contribution < -0.4 is 5.32 Å². The van der Waals surface area contributed by atoms with Crippen LogP contribution in [-0.2, 0) is 9.59 Å². The Morgan fingerprint density at radius 3 is 2.21 bits per heavy atom. The average Bonchev–Trinajstić information content (AvgIpc) is 3.18. The Morgan fingerprint density at radius 2 is 1.68 bits per heavy atom. The van der Waals surface area contributed by atoms with Crippen molar-refractivity contribution in [2.75, 3.05) is 0 Å². The molecule has 1 aliphatic rings. The van der Waals surface area contributed by atoms with Crippen molar-refractivity contribution in [2.45, 2.75) is 77.2 Å². The standard InChI is InChI=1S/C15H27NO3/c1-2-3-4-5-6-7-8-9-13(17)16-14(15(18)19)12-10-11-12/h12,14H,2-11H2,1H3,(H,16,17)(H,18,19). The number of aliphatic carboxylic acids is 1. The molecule has 0 aromatic heterocycles. The molecule has 0 heterocycles. The highest BCUT2D eigenvalue weighted by atomic mass is 16.4. The van der Waals surface area contributed by atoms with Gasteiger partial charge in [-0.15, -0.1) is 0 Å². The number of carbonyl (C=O) groups is 2. The fourth-order valence-electron chi connectivity index (χ4n) is 2.30. The van der Waals surface area contributed by atoms with Gasteiger partial charge in [0.05, 0.1) is 0 Å². The van der Waals surface area contributed by atoms with Gasteiger partial charge in [-0.25, -0.2) is 4.79 Å². The molecular formula is C15H27NO3. The predicted octanol–water partition coefficient (Wildman–Crippen LogP) is 3.11. The molecule has 4 nitrogen and oxygen atoms in total. The van der Waals surface area contributed by atoms with Crippen molar-refractivity contribution in [1.82, 2.24) is 5.32 Å². The lowest BCUT2D eigenvalue weighted by atomic mass is 10.1. The largest absolute Gasteiger partial charge is 0.480 e. The van der Waals surface area contributed by atoms with Gasteiger partial charge in [-0.2, -0.15) is 0 Å². The fraction of sp³-hybridized carbons (Fsp3) is 0.867. The molecule has 1 aliphatic carbocycles.